The summed E-state index contributed by atoms with van der Waals surface area (Å²) >= 11 is 3.27. The van der Waals surface area contributed by atoms with Crippen LogP contribution in [0.3, 0.4) is 0 Å². The van der Waals surface area contributed by atoms with Gasteiger partial charge in [-0.05, 0) is 37.7 Å². The lowest BCUT2D eigenvalue weighted by atomic mass is 10.2. The molecule has 0 aliphatic heterocycles. The van der Waals surface area contributed by atoms with Crippen LogP contribution in [-0.2, 0) is 6.54 Å². The molecule has 0 radical (unpaired) electrons. The summed E-state index contributed by atoms with van der Waals surface area (Å²) in [6.07, 6.45) is 0. The SMILES string of the molecule is CC(CN)N(C)Cc1cc(F)cc(Br)c1.Cl. The second-order valence-corrected chi connectivity index (χ2v) is 4.69. The fourth-order valence-corrected chi connectivity index (χ4v) is 1.84. The largest absolute Gasteiger partial charge is 0.329 e. The van der Waals surface area contributed by atoms with Gasteiger partial charge >= 0.3 is 0 Å². The maximum Gasteiger partial charge on any atom is 0.124 e. The van der Waals surface area contributed by atoms with Gasteiger partial charge in [-0.3, -0.25) is 4.90 Å². The standard InChI is InChI=1S/C11H16BrFN2.ClH/c1-8(6-14)15(2)7-9-3-10(12)5-11(13)4-9;/h3-5,8H,6-7,14H2,1-2H3;1H. The highest BCUT2D eigenvalue weighted by atomic mass is 79.9. The zero-order valence-corrected chi connectivity index (χ0v) is 11.8. The molecule has 0 heterocycles. The summed E-state index contributed by atoms with van der Waals surface area (Å²) in [5.74, 6) is -0.215. The van der Waals surface area contributed by atoms with E-state index >= 15 is 0 Å². The van der Waals surface area contributed by atoms with Crippen molar-refractivity contribution in [3.8, 4) is 0 Å². The Hall–Kier alpha value is -0.160. The van der Waals surface area contributed by atoms with E-state index in [0.717, 1.165) is 10.0 Å². The number of hydrogen-bond donors (Lipinski definition) is 1. The van der Waals surface area contributed by atoms with Gasteiger partial charge in [0.15, 0.2) is 0 Å². The molecule has 0 aliphatic carbocycles. The van der Waals surface area contributed by atoms with Crippen molar-refractivity contribution in [3.63, 3.8) is 0 Å². The highest BCUT2D eigenvalue weighted by Crippen LogP contribution is 2.16. The minimum Gasteiger partial charge on any atom is -0.329 e. The van der Waals surface area contributed by atoms with Gasteiger partial charge in [-0.15, -0.1) is 12.4 Å². The summed E-state index contributed by atoms with van der Waals surface area (Å²) in [5, 5.41) is 0. The van der Waals surface area contributed by atoms with E-state index in [1.165, 1.54) is 6.07 Å². The fourth-order valence-electron chi connectivity index (χ4n) is 1.33. The van der Waals surface area contributed by atoms with Crippen molar-refractivity contribution in [3.05, 3.63) is 34.1 Å². The van der Waals surface area contributed by atoms with Crippen LogP contribution in [0.1, 0.15) is 12.5 Å². The number of rotatable bonds is 4. The molecule has 0 aliphatic rings. The molecule has 5 heteroatoms. The number of benzene rings is 1. The van der Waals surface area contributed by atoms with Gasteiger partial charge in [-0.25, -0.2) is 4.39 Å². The summed E-state index contributed by atoms with van der Waals surface area (Å²) < 4.78 is 13.9. The first-order valence-electron chi connectivity index (χ1n) is 4.88. The van der Waals surface area contributed by atoms with E-state index in [0.29, 0.717) is 19.1 Å². The smallest absolute Gasteiger partial charge is 0.124 e. The lowest BCUT2D eigenvalue weighted by Gasteiger charge is -2.23. The maximum absolute atomic E-state index is 13.1. The van der Waals surface area contributed by atoms with Gasteiger partial charge in [0, 0.05) is 23.6 Å². The van der Waals surface area contributed by atoms with Crippen molar-refractivity contribution in [2.24, 2.45) is 5.73 Å². The molecule has 0 fully saturated rings. The molecule has 2 N–H and O–H groups in total. The molecule has 1 aromatic rings. The minimum absolute atomic E-state index is 0. The maximum atomic E-state index is 13.1. The number of halogens is 3. The highest BCUT2D eigenvalue weighted by Gasteiger charge is 2.08. The van der Waals surface area contributed by atoms with Crippen molar-refractivity contribution >= 4 is 28.3 Å². The first-order chi connectivity index (χ1) is 7.02. The van der Waals surface area contributed by atoms with Crippen LogP contribution in [0.25, 0.3) is 0 Å². The minimum atomic E-state index is -0.215. The summed E-state index contributed by atoms with van der Waals surface area (Å²) in [6, 6.07) is 5.22. The number of likely N-dealkylation sites (N-methyl/N-ethyl adjacent to an activating group) is 1. The van der Waals surface area contributed by atoms with E-state index in [4.69, 9.17) is 5.73 Å². The number of nitrogens with two attached hydrogens (primary N) is 1. The molecule has 2 nitrogen and oxygen atoms in total. The summed E-state index contributed by atoms with van der Waals surface area (Å²) in [7, 11) is 1.98. The van der Waals surface area contributed by atoms with Gasteiger partial charge < -0.3 is 5.73 Å². The van der Waals surface area contributed by atoms with Crippen LogP contribution in [0, 0.1) is 5.82 Å². The Morgan fingerprint density at radius 2 is 2.06 bits per heavy atom. The summed E-state index contributed by atoms with van der Waals surface area (Å²) in [4.78, 5) is 2.10. The van der Waals surface area contributed by atoms with E-state index in [1.807, 2.05) is 20.0 Å². The molecule has 92 valence electrons. The van der Waals surface area contributed by atoms with Gasteiger partial charge in [-0.2, -0.15) is 0 Å². The third-order valence-corrected chi connectivity index (χ3v) is 2.91. The van der Waals surface area contributed by atoms with Crippen LogP contribution in [0.2, 0.25) is 0 Å². The van der Waals surface area contributed by atoms with Crippen molar-refractivity contribution in [2.75, 3.05) is 13.6 Å². The Morgan fingerprint density at radius 1 is 1.44 bits per heavy atom. The molecule has 0 saturated heterocycles. The fraction of sp³-hybridized carbons (Fsp3) is 0.455. The Balaban J connectivity index is 0.00000225. The summed E-state index contributed by atoms with van der Waals surface area (Å²) in [5.41, 5.74) is 6.51. The normalized spacial score (nSPS) is 12.4. The van der Waals surface area contributed by atoms with Gasteiger partial charge in [-0.1, -0.05) is 15.9 Å². The lowest BCUT2D eigenvalue weighted by Crippen LogP contribution is -2.34. The molecule has 16 heavy (non-hydrogen) atoms. The molecule has 0 amide bonds. The van der Waals surface area contributed by atoms with Crippen LogP contribution in [0.15, 0.2) is 22.7 Å². The average Bonchev–Trinajstić information content (AvgIpc) is 2.14. The van der Waals surface area contributed by atoms with Gasteiger partial charge in [0.2, 0.25) is 0 Å². The lowest BCUT2D eigenvalue weighted by molar-refractivity contribution is 0.254. The number of hydrogen-bond acceptors (Lipinski definition) is 2. The molecule has 1 rings (SSSR count). The van der Waals surface area contributed by atoms with Gasteiger partial charge in [0.1, 0.15) is 5.82 Å². The molecule has 1 atom stereocenters. The van der Waals surface area contributed by atoms with Crippen LogP contribution in [-0.4, -0.2) is 24.5 Å². The zero-order chi connectivity index (χ0) is 11.4. The third-order valence-electron chi connectivity index (χ3n) is 2.45. The van der Waals surface area contributed by atoms with Gasteiger partial charge in [0.25, 0.3) is 0 Å². The predicted octanol–water partition coefficient (Wildman–Crippen LogP) is 2.79. The molecule has 1 unspecified atom stereocenters. The van der Waals surface area contributed by atoms with E-state index in [9.17, 15) is 4.39 Å². The molecule has 0 bridgehead atoms. The molecular weight excluding hydrogens is 294 g/mol. The Bertz CT molecular complexity index is 316. The molecular formula is C11H17BrClFN2. The first kappa shape index (κ1) is 15.8. The van der Waals surface area contributed by atoms with E-state index in [2.05, 4.69) is 20.8 Å². The van der Waals surface area contributed by atoms with Gasteiger partial charge in [0.05, 0.1) is 0 Å². The molecule has 0 spiro atoms. The van der Waals surface area contributed by atoms with Crippen molar-refractivity contribution in [1.82, 2.24) is 4.90 Å². The monoisotopic (exact) mass is 310 g/mol. The topological polar surface area (TPSA) is 29.3 Å². The average molecular weight is 312 g/mol. The third kappa shape index (κ3) is 4.78. The summed E-state index contributed by atoms with van der Waals surface area (Å²) in [6.45, 7) is 3.36. The molecule has 0 saturated carbocycles. The van der Waals surface area contributed by atoms with Crippen LogP contribution < -0.4 is 5.73 Å². The second-order valence-electron chi connectivity index (χ2n) is 3.78. The Kier molecular flexibility index (Phi) is 7.15. The Labute approximate surface area is 111 Å². The van der Waals surface area contributed by atoms with Crippen molar-refractivity contribution in [1.29, 1.82) is 0 Å². The first-order valence-corrected chi connectivity index (χ1v) is 5.67. The molecule has 1 aromatic carbocycles. The number of nitrogens with zero attached hydrogens (tertiary/aromatic N) is 1. The van der Waals surface area contributed by atoms with Crippen LogP contribution >= 0.6 is 28.3 Å². The second kappa shape index (κ2) is 7.22. The predicted molar refractivity (Wildman–Crippen MR) is 71.3 cm³/mol. The van der Waals surface area contributed by atoms with E-state index < -0.39 is 0 Å². The zero-order valence-electron chi connectivity index (χ0n) is 9.41. The van der Waals surface area contributed by atoms with Crippen LogP contribution in [0.4, 0.5) is 4.39 Å². The van der Waals surface area contributed by atoms with Crippen molar-refractivity contribution < 1.29 is 4.39 Å². The van der Waals surface area contributed by atoms with E-state index in [1.54, 1.807) is 6.07 Å². The quantitative estimate of drug-likeness (QED) is 0.926. The van der Waals surface area contributed by atoms with E-state index in [-0.39, 0.29) is 18.2 Å². The molecule has 0 aromatic heterocycles. The van der Waals surface area contributed by atoms with Crippen LogP contribution in [0.5, 0.6) is 0 Å². The highest BCUT2D eigenvalue weighted by molar-refractivity contribution is 9.10. The van der Waals surface area contributed by atoms with Crippen molar-refractivity contribution in [2.45, 2.75) is 19.5 Å². The Morgan fingerprint density at radius 3 is 2.56 bits per heavy atom.